The first-order valence-corrected chi connectivity index (χ1v) is 11.6. The molecule has 1 N–H and O–H groups in total. The first-order valence-electron chi connectivity index (χ1n) is 10.8. The lowest BCUT2D eigenvalue weighted by molar-refractivity contribution is -0.114. The van der Waals surface area contributed by atoms with Gasteiger partial charge in [-0.05, 0) is 54.9 Å². The van der Waals surface area contributed by atoms with Crippen molar-refractivity contribution < 1.29 is 14.3 Å². The predicted octanol–water partition coefficient (Wildman–Crippen LogP) is 3.25. The Morgan fingerprint density at radius 2 is 1.91 bits per heavy atom. The quantitative estimate of drug-likeness (QED) is 0.660. The number of fused-ring (bicyclic) bond motifs is 1. The van der Waals surface area contributed by atoms with Crippen LogP contribution in [0.25, 0.3) is 6.08 Å². The summed E-state index contributed by atoms with van der Waals surface area (Å²) in [6.45, 7) is 2.88. The van der Waals surface area contributed by atoms with Gasteiger partial charge in [0, 0.05) is 25.0 Å². The third kappa shape index (κ3) is 4.25. The number of benzene rings is 1. The number of carbonyl (C=O) groups is 1. The van der Waals surface area contributed by atoms with Crippen molar-refractivity contribution in [3.63, 3.8) is 0 Å². The van der Waals surface area contributed by atoms with Crippen molar-refractivity contribution in [2.24, 2.45) is 10.1 Å². The second kappa shape index (κ2) is 9.14. The van der Waals surface area contributed by atoms with Crippen LogP contribution < -0.4 is 9.47 Å². The molecule has 0 spiro atoms. The van der Waals surface area contributed by atoms with E-state index in [2.05, 4.69) is 15.0 Å². The van der Waals surface area contributed by atoms with Crippen LogP contribution in [-0.4, -0.2) is 63.4 Å². The van der Waals surface area contributed by atoms with Gasteiger partial charge < -0.3 is 18.9 Å². The Morgan fingerprint density at radius 3 is 2.70 bits per heavy atom. The summed E-state index contributed by atoms with van der Waals surface area (Å²) in [5.41, 5.74) is 1.01. The molecule has 33 heavy (non-hydrogen) atoms. The monoisotopic (exact) mass is 464 g/mol. The Bertz CT molecular complexity index is 1180. The first-order chi connectivity index (χ1) is 16.1. The van der Waals surface area contributed by atoms with Gasteiger partial charge in [0.05, 0.1) is 19.2 Å². The molecule has 10 heteroatoms. The molecule has 5 rings (SSSR count). The van der Waals surface area contributed by atoms with Gasteiger partial charge in [0.25, 0.3) is 5.91 Å². The second-order valence-corrected chi connectivity index (χ2v) is 8.66. The van der Waals surface area contributed by atoms with E-state index in [1.54, 1.807) is 13.2 Å². The molecule has 4 heterocycles. The van der Waals surface area contributed by atoms with E-state index >= 15 is 0 Å². The van der Waals surface area contributed by atoms with Crippen molar-refractivity contribution in [2.75, 3.05) is 26.8 Å². The van der Waals surface area contributed by atoms with Gasteiger partial charge in [0.2, 0.25) is 5.17 Å². The van der Waals surface area contributed by atoms with Gasteiger partial charge in [-0.3, -0.25) is 10.2 Å². The molecule has 170 valence electrons. The van der Waals surface area contributed by atoms with Crippen LogP contribution in [0.3, 0.4) is 0 Å². The van der Waals surface area contributed by atoms with Gasteiger partial charge in [-0.2, -0.15) is 10.0 Å². The molecule has 1 fully saturated rings. The zero-order valence-electron chi connectivity index (χ0n) is 18.2. The molecule has 0 saturated carbocycles. The number of hydrogen-bond acceptors (Lipinski definition) is 7. The maximum Gasteiger partial charge on any atom is 0.283 e. The highest BCUT2D eigenvalue weighted by Crippen LogP contribution is 2.31. The summed E-state index contributed by atoms with van der Waals surface area (Å²) in [5.74, 6) is 0.982. The largest absolute Gasteiger partial charge is 0.493 e. The Balaban J connectivity index is 1.30. The molecule has 1 aromatic heterocycles. The standard InChI is InChI=1S/C23H24N6O3S/c1-31-18-8-2-3-9-19(18)32-14-13-27-12-6-7-16(27)15-17-20(24)29-22(25-21(17)30)33-23(26-29)28-10-4-5-11-28/h2-3,6-9,12,15,24H,4-5,10-11,13-14H2,1H3/b17-15-,24-20?. The van der Waals surface area contributed by atoms with Crippen molar-refractivity contribution >= 4 is 39.9 Å². The molecule has 2 aromatic rings. The first kappa shape index (κ1) is 21.3. The van der Waals surface area contributed by atoms with Crippen LogP contribution in [0, 0.1) is 5.41 Å². The van der Waals surface area contributed by atoms with E-state index in [1.807, 2.05) is 47.2 Å². The highest BCUT2D eigenvalue weighted by molar-refractivity contribution is 8.26. The van der Waals surface area contributed by atoms with Crippen molar-refractivity contribution in [1.82, 2.24) is 14.5 Å². The van der Waals surface area contributed by atoms with Crippen LogP contribution in [0.2, 0.25) is 0 Å². The number of thioether (sulfide) groups is 1. The fraction of sp³-hybridized carbons (Fsp3) is 0.304. The van der Waals surface area contributed by atoms with Crippen LogP contribution in [0.5, 0.6) is 11.5 Å². The van der Waals surface area contributed by atoms with Crippen LogP contribution in [0.1, 0.15) is 18.5 Å². The van der Waals surface area contributed by atoms with Gasteiger partial charge in [-0.15, -0.1) is 5.10 Å². The highest BCUT2D eigenvalue weighted by Gasteiger charge is 2.37. The van der Waals surface area contributed by atoms with Gasteiger partial charge >= 0.3 is 0 Å². The summed E-state index contributed by atoms with van der Waals surface area (Å²) in [6, 6.07) is 11.3. The minimum atomic E-state index is -0.422. The number of rotatable bonds is 6. The van der Waals surface area contributed by atoms with Crippen LogP contribution >= 0.6 is 11.8 Å². The number of para-hydroxylation sites is 2. The minimum Gasteiger partial charge on any atom is -0.493 e. The van der Waals surface area contributed by atoms with E-state index in [-0.39, 0.29) is 11.4 Å². The molecule has 0 aliphatic carbocycles. The number of ether oxygens (including phenoxy) is 2. The van der Waals surface area contributed by atoms with E-state index in [4.69, 9.17) is 14.9 Å². The van der Waals surface area contributed by atoms with Crippen LogP contribution in [-0.2, 0) is 11.3 Å². The fourth-order valence-corrected chi connectivity index (χ4v) is 4.86. The molecular formula is C23H24N6O3S. The van der Waals surface area contributed by atoms with Crippen molar-refractivity contribution in [3.05, 3.63) is 53.9 Å². The van der Waals surface area contributed by atoms with E-state index in [0.717, 1.165) is 36.8 Å². The van der Waals surface area contributed by atoms with E-state index in [1.165, 1.54) is 16.8 Å². The fourth-order valence-electron chi connectivity index (χ4n) is 3.92. The molecule has 0 unspecified atom stereocenters. The summed E-state index contributed by atoms with van der Waals surface area (Å²) in [4.78, 5) is 19.1. The number of aromatic nitrogens is 1. The minimum absolute atomic E-state index is 0.0460. The smallest absolute Gasteiger partial charge is 0.283 e. The number of likely N-dealkylation sites (tertiary alicyclic amines) is 1. The van der Waals surface area contributed by atoms with Gasteiger partial charge in [0.1, 0.15) is 6.61 Å². The maximum absolute atomic E-state index is 12.7. The van der Waals surface area contributed by atoms with Gasteiger partial charge in [-0.25, -0.2) is 0 Å². The van der Waals surface area contributed by atoms with Gasteiger partial charge in [-0.1, -0.05) is 12.1 Å². The Hall–Kier alpha value is -3.53. The lowest BCUT2D eigenvalue weighted by Crippen LogP contribution is -2.35. The van der Waals surface area contributed by atoms with Crippen molar-refractivity contribution in [1.29, 1.82) is 5.41 Å². The highest BCUT2D eigenvalue weighted by atomic mass is 32.2. The molecule has 9 nitrogen and oxygen atoms in total. The molecule has 0 bridgehead atoms. The molecule has 1 saturated heterocycles. The zero-order valence-corrected chi connectivity index (χ0v) is 19.0. The van der Waals surface area contributed by atoms with E-state index in [9.17, 15) is 4.79 Å². The Morgan fingerprint density at radius 1 is 1.12 bits per heavy atom. The van der Waals surface area contributed by atoms with Crippen LogP contribution in [0.15, 0.2) is 58.3 Å². The zero-order chi connectivity index (χ0) is 22.8. The predicted molar refractivity (Wildman–Crippen MR) is 129 cm³/mol. The number of amides is 1. The maximum atomic E-state index is 12.7. The summed E-state index contributed by atoms with van der Waals surface area (Å²) < 4.78 is 13.2. The number of methoxy groups -OCH3 is 1. The third-order valence-electron chi connectivity index (χ3n) is 5.64. The summed E-state index contributed by atoms with van der Waals surface area (Å²) in [6.07, 6.45) is 5.87. The van der Waals surface area contributed by atoms with Crippen molar-refractivity contribution in [3.8, 4) is 11.5 Å². The average Bonchev–Trinajstić information content (AvgIpc) is 3.58. The molecule has 1 amide bonds. The summed E-state index contributed by atoms with van der Waals surface area (Å²) >= 11 is 1.36. The normalized spacial score (nSPS) is 19.1. The van der Waals surface area contributed by atoms with E-state index < -0.39 is 5.91 Å². The molecule has 1 aromatic carbocycles. The topological polar surface area (TPSA) is 95.5 Å². The van der Waals surface area contributed by atoms with Gasteiger partial charge in [0.15, 0.2) is 22.5 Å². The Labute approximate surface area is 195 Å². The lowest BCUT2D eigenvalue weighted by Gasteiger charge is -2.20. The lowest BCUT2D eigenvalue weighted by atomic mass is 10.1. The number of hydrogen-bond donors (Lipinski definition) is 1. The number of nitrogens with one attached hydrogen (secondary N) is 1. The summed E-state index contributed by atoms with van der Waals surface area (Å²) in [7, 11) is 1.61. The molecule has 0 atom stereocenters. The number of nitrogens with zero attached hydrogens (tertiary/aromatic N) is 5. The van der Waals surface area contributed by atoms with Crippen LogP contribution in [0.4, 0.5) is 0 Å². The molecule has 0 radical (unpaired) electrons. The van der Waals surface area contributed by atoms with E-state index in [0.29, 0.717) is 29.8 Å². The Kier molecular flexibility index (Phi) is 5.91. The SMILES string of the molecule is COc1ccccc1OCCn1cccc1/C=C1/C(=N)N2N=C(N3CCCC3)SC2=NC1=O. The molecule has 3 aliphatic heterocycles. The number of aliphatic imine (C=N–C) groups is 1. The molecule has 3 aliphatic rings. The average molecular weight is 465 g/mol. The number of carbonyl (C=O) groups excluding carboxylic acids is 1. The summed E-state index contributed by atoms with van der Waals surface area (Å²) in [5, 5.41) is 15.9. The number of amidine groups is 3. The number of hydrazone groups is 1. The third-order valence-corrected chi connectivity index (χ3v) is 6.61. The van der Waals surface area contributed by atoms with Crippen molar-refractivity contribution in [2.45, 2.75) is 19.4 Å². The molecular weight excluding hydrogens is 440 g/mol. The second-order valence-electron chi connectivity index (χ2n) is 7.72.